The number of aromatic nitrogens is 1. The Morgan fingerprint density at radius 3 is 1.40 bits per heavy atom. The molecule has 11 aromatic carbocycles. The van der Waals surface area contributed by atoms with Crippen molar-refractivity contribution < 1.29 is 0 Å². The molecule has 0 saturated heterocycles. The van der Waals surface area contributed by atoms with E-state index in [2.05, 4.69) is 287 Å². The van der Waals surface area contributed by atoms with E-state index in [0.717, 1.165) is 45.4 Å². The molecule has 2 aromatic heterocycles. The summed E-state index contributed by atoms with van der Waals surface area (Å²) in [7, 11) is 0. The molecule has 0 N–H and O–H groups in total. The fourth-order valence-electron chi connectivity index (χ4n) is 10.3. The van der Waals surface area contributed by atoms with Crippen LogP contribution in [0.1, 0.15) is 0 Å². The van der Waals surface area contributed by atoms with Crippen molar-refractivity contribution in [2.45, 2.75) is 0 Å². The first kappa shape index (κ1) is 41.2. The number of hydrogen-bond acceptors (Lipinski definition) is 3. The van der Waals surface area contributed by atoms with Gasteiger partial charge >= 0.3 is 0 Å². The van der Waals surface area contributed by atoms with Gasteiger partial charge in [0, 0.05) is 65.1 Å². The zero-order valence-electron chi connectivity index (χ0n) is 38.2. The third kappa shape index (κ3) is 7.39. The van der Waals surface area contributed by atoms with Crippen LogP contribution in [0.15, 0.2) is 273 Å². The minimum Gasteiger partial charge on any atom is -0.310 e. The molecule has 0 aliphatic heterocycles. The summed E-state index contributed by atoms with van der Waals surface area (Å²) in [5.41, 5.74) is 17.2. The number of para-hydroxylation sites is 3. The summed E-state index contributed by atoms with van der Waals surface area (Å²) in [6, 6.07) is 99.0. The Kier molecular flexibility index (Phi) is 10.4. The molecule has 0 fully saturated rings. The van der Waals surface area contributed by atoms with Gasteiger partial charge in [-0.15, -0.1) is 11.3 Å². The van der Waals surface area contributed by atoms with Crippen molar-refractivity contribution in [1.82, 2.24) is 4.57 Å². The Balaban J connectivity index is 0.860. The summed E-state index contributed by atoms with van der Waals surface area (Å²) >= 11 is 1.85. The number of anilines is 6. The van der Waals surface area contributed by atoms with Crippen molar-refractivity contribution in [2.75, 3.05) is 9.80 Å². The zero-order valence-corrected chi connectivity index (χ0v) is 39.0. The number of benzene rings is 11. The van der Waals surface area contributed by atoms with E-state index in [1.807, 2.05) is 11.3 Å². The molecule has 2 heterocycles. The predicted molar refractivity (Wildman–Crippen MR) is 299 cm³/mol. The van der Waals surface area contributed by atoms with Crippen LogP contribution in [-0.2, 0) is 0 Å². The van der Waals surface area contributed by atoms with Gasteiger partial charge in [0.2, 0.25) is 0 Å². The molecule has 4 heteroatoms. The van der Waals surface area contributed by atoms with E-state index in [9.17, 15) is 0 Å². The Labute approximate surface area is 411 Å². The number of fused-ring (bicyclic) bond motifs is 6. The van der Waals surface area contributed by atoms with Gasteiger partial charge in [-0.2, -0.15) is 0 Å². The van der Waals surface area contributed by atoms with Crippen molar-refractivity contribution in [3.63, 3.8) is 0 Å². The average Bonchev–Trinajstić information content (AvgIpc) is 3.98. The highest BCUT2D eigenvalue weighted by Gasteiger charge is 2.22. The van der Waals surface area contributed by atoms with E-state index >= 15 is 0 Å². The van der Waals surface area contributed by atoms with Crippen LogP contribution < -0.4 is 9.80 Å². The van der Waals surface area contributed by atoms with Gasteiger partial charge in [0.1, 0.15) is 0 Å². The van der Waals surface area contributed by atoms with Gasteiger partial charge in [0.15, 0.2) is 0 Å². The van der Waals surface area contributed by atoms with E-state index in [0.29, 0.717) is 0 Å². The Bertz CT molecular complexity index is 3970. The first-order chi connectivity index (χ1) is 34.7. The van der Waals surface area contributed by atoms with Crippen LogP contribution in [-0.4, -0.2) is 4.57 Å². The minimum absolute atomic E-state index is 1.08. The third-order valence-electron chi connectivity index (χ3n) is 13.6. The average molecular weight is 912 g/mol. The van der Waals surface area contributed by atoms with Crippen molar-refractivity contribution in [2.24, 2.45) is 0 Å². The highest BCUT2D eigenvalue weighted by atomic mass is 32.1. The maximum atomic E-state index is 2.42. The van der Waals surface area contributed by atoms with Crippen molar-refractivity contribution >= 4 is 87.4 Å². The molecular formula is C66H45N3S. The molecular weight excluding hydrogens is 867 g/mol. The lowest BCUT2D eigenvalue weighted by Gasteiger charge is -2.27. The standard InChI is InChI=1S/C66H45N3S/c1-4-16-46(17-5-1)47-30-38-55(39-31-47)68(62-27-15-28-63-66(62)59-25-10-12-26-61(59)69(63)53-22-8-3-9-23-53)56-40-34-49(35-41-56)51-19-14-18-50(44-51)48-32-36-54(37-33-48)67(52-20-6-2-7-21-52)57-42-43-65-60(45-57)58-24-11-13-29-64(58)70-65/h1-45H. The lowest BCUT2D eigenvalue weighted by molar-refractivity contribution is 1.18. The molecule has 0 radical (unpaired) electrons. The van der Waals surface area contributed by atoms with E-state index in [4.69, 9.17) is 0 Å². The smallest absolute Gasteiger partial charge is 0.0562 e. The van der Waals surface area contributed by atoms with Crippen LogP contribution >= 0.6 is 11.3 Å². The van der Waals surface area contributed by atoms with Crippen LogP contribution in [0.3, 0.4) is 0 Å². The summed E-state index contributed by atoms with van der Waals surface area (Å²) in [5, 5.41) is 5.01. The zero-order chi connectivity index (χ0) is 46.4. The fourth-order valence-corrected chi connectivity index (χ4v) is 11.4. The highest BCUT2D eigenvalue weighted by Crippen LogP contribution is 2.45. The van der Waals surface area contributed by atoms with Gasteiger partial charge in [0.05, 0.1) is 16.7 Å². The lowest BCUT2D eigenvalue weighted by Crippen LogP contribution is -2.10. The van der Waals surface area contributed by atoms with Gasteiger partial charge in [-0.1, -0.05) is 164 Å². The van der Waals surface area contributed by atoms with Crippen LogP contribution in [0.4, 0.5) is 34.1 Å². The summed E-state index contributed by atoms with van der Waals surface area (Å²) in [6.07, 6.45) is 0. The molecule has 13 aromatic rings. The molecule has 70 heavy (non-hydrogen) atoms. The second-order valence-electron chi connectivity index (χ2n) is 17.7. The predicted octanol–water partition coefficient (Wildman–Crippen LogP) is 19.1. The Morgan fingerprint density at radius 1 is 0.271 bits per heavy atom. The van der Waals surface area contributed by atoms with E-state index in [-0.39, 0.29) is 0 Å². The Hall–Kier alpha value is -8.96. The van der Waals surface area contributed by atoms with Gasteiger partial charge < -0.3 is 14.4 Å². The minimum atomic E-state index is 1.08. The normalized spacial score (nSPS) is 11.4. The Morgan fingerprint density at radius 2 is 0.729 bits per heavy atom. The fraction of sp³-hybridized carbons (Fsp3) is 0. The summed E-state index contributed by atoms with van der Waals surface area (Å²) in [5.74, 6) is 0. The van der Waals surface area contributed by atoms with Crippen molar-refractivity contribution in [3.05, 3.63) is 273 Å². The number of nitrogens with zero attached hydrogens (tertiary/aromatic N) is 3. The largest absolute Gasteiger partial charge is 0.310 e. The van der Waals surface area contributed by atoms with Crippen LogP contribution in [0, 0.1) is 0 Å². The molecule has 0 aliphatic rings. The molecule has 13 rings (SSSR count). The molecule has 0 aliphatic carbocycles. The first-order valence-electron chi connectivity index (χ1n) is 23.8. The van der Waals surface area contributed by atoms with Gasteiger partial charge in [-0.05, 0) is 143 Å². The molecule has 0 spiro atoms. The quantitative estimate of drug-likeness (QED) is 0.135. The van der Waals surface area contributed by atoms with Crippen LogP contribution in [0.25, 0.3) is 81.0 Å². The lowest BCUT2D eigenvalue weighted by atomic mass is 9.98. The maximum absolute atomic E-state index is 2.42. The highest BCUT2D eigenvalue weighted by molar-refractivity contribution is 7.25. The van der Waals surface area contributed by atoms with E-state index in [1.165, 1.54) is 69.8 Å². The summed E-state index contributed by atoms with van der Waals surface area (Å²) in [4.78, 5) is 4.77. The third-order valence-corrected chi connectivity index (χ3v) is 14.7. The van der Waals surface area contributed by atoms with Gasteiger partial charge in [-0.3, -0.25) is 0 Å². The maximum Gasteiger partial charge on any atom is 0.0562 e. The van der Waals surface area contributed by atoms with Gasteiger partial charge in [0.25, 0.3) is 0 Å². The second-order valence-corrected chi connectivity index (χ2v) is 18.8. The molecule has 0 atom stereocenters. The molecule has 330 valence electrons. The van der Waals surface area contributed by atoms with Crippen molar-refractivity contribution in [3.8, 4) is 39.1 Å². The summed E-state index contributed by atoms with van der Waals surface area (Å²) in [6.45, 7) is 0. The monoisotopic (exact) mass is 911 g/mol. The van der Waals surface area contributed by atoms with Crippen molar-refractivity contribution in [1.29, 1.82) is 0 Å². The molecule has 3 nitrogen and oxygen atoms in total. The first-order valence-corrected chi connectivity index (χ1v) is 24.6. The summed E-state index contributed by atoms with van der Waals surface area (Å²) < 4.78 is 5.00. The topological polar surface area (TPSA) is 11.4 Å². The second kappa shape index (κ2) is 17.6. The molecule has 0 amide bonds. The molecule has 0 bridgehead atoms. The number of rotatable bonds is 10. The molecule has 0 unspecified atom stereocenters. The van der Waals surface area contributed by atoms with Crippen LogP contribution in [0.2, 0.25) is 0 Å². The van der Waals surface area contributed by atoms with E-state index < -0.39 is 0 Å². The van der Waals surface area contributed by atoms with Crippen LogP contribution in [0.5, 0.6) is 0 Å². The van der Waals surface area contributed by atoms with Gasteiger partial charge in [-0.25, -0.2) is 0 Å². The number of thiophene rings is 1. The SMILES string of the molecule is c1ccc(-c2ccc(N(c3ccc(-c4cccc(-c5ccc(N(c6ccccc6)c6ccc7sc8ccccc8c7c6)cc5)c4)cc3)c3cccc4c3c3ccccc3n4-c3ccccc3)cc2)cc1. The number of hydrogen-bond donors (Lipinski definition) is 0. The molecule has 0 saturated carbocycles. The van der Waals surface area contributed by atoms with E-state index in [1.54, 1.807) is 0 Å².